The third kappa shape index (κ3) is 2.88. The summed E-state index contributed by atoms with van der Waals surface area (Å²) in [5.41, 5.74) is -0.0573. The van der Waals surface area contributed by atoms with E-state index < -0.39 is 5.91 Å². The van der Waals surface area contributed by atoms with E-state index in [1.54, 1.807) is 7.05 Å². The molecule has 0 heterocycles. The van der Waals surface area contributed by atoms with Crippen molar-refractivity contribution in [3.8, 4) is 11.5 Å². The van der Waals surface area contributed by atoms with E-state index in [0.717, 1.165) is 0 Å². The number of amides is 1. The van der Waals surface area contributed by atoms with Crippen LogP contribution in [0.5, 0.6) is 11.5 Å². The highest BCUT2D eigenvalue weighted by atomic mass is 79.9. The molecule has 0 saturated carbocycles. The van der Waals surface area contributed by atoms with Crippen LogP contribution in [0.15, 0.2) is 18.2 Å². The summed E-state index contributed by atoms with van der Waals surface area (Å²) in [6.07, 6.45) is 0. The van der Waals surface area contributed by atoms with E-state index in [0.29, 0.717) is 6.54 Å². The Kier molecular flexibility index (Phi) is 4.18. The van der Waals surface area contributed by atoms with Gasteiger partial charge < -0.3 is 15.1 Å². The van der Waals surface area contributed by atoms with E-state index in [9.17, 15) is 15.0 Å². The third-order valence-corrected chi connectivity index (χ3v) is 2.40. The van der Waals surface area contributed by atoms with Gasteiger partial charge in [-0.3, -0.25) is 4.79 Å². The summed E-state index contributed by atoms with van der Waals surface area (Å²) in [4.78, 5) is 13.5. The lowest BCUT2D eigenvalue weighted by Crippen LogP contribution is -2.31. The number of hydrogen-bond acceptors (Lipinski definition) is 3. The van der Waals surface area contributed by atoms with Gasteiger partial charge in [0.1, 0.15) is 17.1 Å². The average Bonchev–Trinajstić information content (AvgIpc) is 2.16. The Morgan fingerprint density at radius 1 is 1.44 bits per heavy atom. The summed E-state index contributed by atoms with van der Waals surface area (Å²) in [6, 6.07) is 4.23. The van der Waals surface area contributed by atoms with Gasteiger partial charge in [0.2, 0.25) is 0 Å². The predicted molar refractivity (Wildman–Crippen MR) is 65.1 cm³/mol. The Hall–Kier alpha value is -1.23. The zero-order valence-corrected chi connectivity index (χ0v) is 10.7. The Bertz CT molecular complexity index is 373. The Morgan fingerprint density at radius 2 is 1.94 bits per heavy atom. The Morgan fingerprint density at radius 3 is 2.38 bits per heavy atom. The van der Waals surface area contributed by atoms with Crippen molar-refractivity contribution >= 4 is 21.8 Å². The second-order valence-corrected chi connectivity index (χ2v) is 5.20. The first-order valence-electron chi connectivity index (χ1n) is 4.84. The largest absolute Gasteiger partial charge is 0.507 e. The predicted octanol–water partition coefficient (Wildman–Crippen LogP) is 1.95. The van der Waals surface area contributed by atoms with Crippen molar-refractivity contribution in [2.45, 2.75) is 11.8 Å². The van der Waals surface area contributed by atoms with Crippen molar-refractivity contribution in [3.63, 3.8) is 0 Å². The fourth-order valence-corrected chi connectivity index (χ4v) is 1.83. The van der Waals surface area contributed by atoms with Crippen LogP contribution >= 0.6 is 15.9 Å². The second kappa shape index (κ2) is 5.21. The van der Waals surface area contributed by atoms with E-state index in [1.165, 1.54) is 23.1 Å². The molecule has 0 saturated heterocycles. The van der Waals surface area contributed by atoms with Crippen LogP contribution in [0.25, 0.3) is 0 Å². The number of carbonyl (C=O) groups excluding carboxylic acids is 1. The van der Waals surface area contributed by atoms with Gasteiger partial charge in [-0.25, -0.2) is 0 Å². The smallest absolute Gasteiger partial charge is 0.261 e. The minimum Gasteiger partial charge on any atom is -0.507 e. The zero-order chi connectivity index (χ0) is 12.3. The van der Waals surface area contributed by atoms with Gasteiger partial charge in [-0.05, 0) is 12.1 Å². The standard InChI is InChI=1S/C11H14BrNO3/c1-7(12)6-13(2)11(16)10-8(14)4-3-5-9(10)15/h3-5,7,14-15H,6H2,1-2H3. The number of hydrogen-bond donors (Lipinski definition) is 2. The van der Waals surface area contributed by atoms with E-state index in [1.807, 2.05) is 6.92 Å². The molecule has 0 aromatic heterocycles. The number of phenolic OH excluding ortho intramolecular Hbond substituents is 2. The number of carbonyl (C=O) groups is 1. The maximum absolute atomic E-state index is 11.9. The molecule has 5 heteroatoms. The highest BCUT2D eigenvalue weighted by molar-refractivity contribution is 9.09. The molecule has 1 aromatic rings. The van der Waals surface area contributed by atoms with Crippen molar-refractivity contribution in [3.05, 3.63) is 23.8 Å². The number of benzene rings is 1. The van der Waals surface area contributed by atoms with Gasteiger partial charge in [-0.2, -0.15) is 0 Å². The normalized spacial score (nSPS) is 12.2. The van der Waals surface area contributed by atoms with Crippen molar-refractivity contribution in [2.75, 3.05) is 13.6 Å². The minimum atomic E-state index is -0.401. The molecule has 16 heavy (non-hydrogen) atoms. The van der Waals surface area contributed by atoms with Gasteiger partial charge in [0.25, 0.3) is 5.91 Å². The van der Waals surface area contributed by atoms with Crippen LogP contribution in [0.4, 0.5) is 0 Å². The molecule has 0 radical (unpaired) electrons. The molecule has 0 aliphatic rings. The van der Waals surface area contributed by atoms with Crippen molar-refractivity contribution < 1.29 is 15.0 Å². The molecule has 0 aliphatic heterocycles. The molecule has 1 rings (SSSR count). The van der Waals surface area contributed by atoms with Crippen LogP contribution in [0.2, 0.25) is 0 Å². The molecular formula is C11H14BrNO3. The maximum atomic E-state index is 11.9. The van der Waals surface area contributed by atoms with Crippen molar-refractivity contribution in [1.82, 2.24) is 4.90 Å². The Labute approximate surface area is 103 Å². The molecule has 1 unspecified atom stereocenters. The third-order valence-electron chi connectivity index (χ3n) is 2.11. The monoisotopic (exact) mass is 287 g/mol. The number of rotatable bonds is 3. The average molecular weight is 288 g/mol. The first-order valence-corrected chi connectivity index (χ1v) is 5.75. The van der Waals surface area contributed by atoms with Gasteiger partial charge in [-0.1, -0.05) is 28.9 Å². The summed E-state index contributed by atoms with van der Waals surface area (Å²) in [5, 5.41) is 19.1. The second-order valence-electron chi connectivity index (χ2n) is 3.64. The van der Waals surface area contributed by atoms with Gasteiger partial charge in [0, 0.05) is 18.4 Å². The van der Waals surface area contributed by atoms with Crippen LogP contribution in [0.1, 0.15) is 17.3 Å². The molecule has 4 nitrogen and oxygen atoms in total. The summed E-state index contributed by atoms with van der Waals surface area (Å²) >= 11 is 3.33. The summed E-state index contributed by atoms with van der Waals surface area (Å²) in [6.45, 7) is 2.40. The molecule has 0 spiro atoms. The fourth-order valence-electron chi connectivity index (χ4n) is 1.40. The van der Waals surface area contributed by atoms with Crippen molar-refractivity contribution in [2.24, 2.45) is 0 Å². The van der Waals surface area contributed by atoms with E-state index in [2.05, 4.69) is 15.9 Å². The summed E-state index contributed by atoms with van der Waals surface area (Å²) in [5.74, 6) is -0.819. The van der Waals surface area contributed by atoms with Crippen LogP contribution in [-0.4, -0.2) is 39.4 Å². The molecule has 0 bridgehead atoms. The molecule has 1 atom stereocenters. The van der Waals surface area contributed by atoms with Crippen molar-refractivity contribution in [1.29, 1.82) is 0 Å². The van der Waals surface area contributed by atoms with Gasteiger partial charge in [0.05, 0.1) is 0 Å². The number of nitrogens with zero attached hydrogens (tertiary/aromatic N) is 1. The topological polar surface area (TPSA) is 60.8 Å². The first-order chi connectivity index (χ1) is 7.43. The van der Waals surface area contributed by atoms with Gasteiger partial charge >= 0.3 is 0 Å². The number of halogens is 1. The number of alkyl halides is 1. The molecule has 0 fully saturated rings. The number of aromatic hydroxyl groups is 2. The van der Waals surface area contributed by atoms with Crippen LogP contribution < -0.4 is 0 Å². The fraction of sp³-hybridized carbons (Fsp3) is 0.364. The summed E-state index contributed by atoms with van der Waals surface area (Å²) in [7, 11) is 1.62. The molecule has 1 aromatic carbocycles. The SMILES string of the molecule is CC(Br)CN(C)C(=O)c1c(O)cccc1O. The molecule has 2 N–H and O–H groups in total. The minimum absolute atomic E-state index is 0.0573. The van der Waals surface area contributed by atoms with Gasteiger partial charge in [0.15, 0.2) is 0 Å². The first kappa shape index (κ1) is 12.8. The molecule has 0 aliphatic carbocycles. The van der Waals surface area contributed by atoms with E-state index in [-0.39, 0.29) is 21.9 Å². The lowest BCUT2D eigenvalue weighted by molar-refractivity contribution is 0.0791. The summed E-state index contributed by atoms with van der Waals surface area (Å²) < 4.78 is 0. The lowest BCUT2D eigenvalue weighted by atomic mass is 10.1. The molecule has 88 valence electrons. The number of phenols is 2. The lowest BCUT2D eigenvalue weighted by Gasteiger charge is -2.19. The van der Waals surface area contributed by atoms with E-state index in [4.69, 9.17) is 0 Å². The highest BCUT2D eigenvalue weighted by Gasteiger charge is 2.20. The zero-order valence-electron chi connectivity index (χ0n) is 9.14. The van der Waals surface area contributed by atoms with E-state index >= 15 is 0 Å². The van der Waals surface area contributed by atoms with Crippen LogP contribution in [-0.2, 0) is 0 Å². The highest BCUT2D eigenvalue weighted by Crippen LogP contribution is 2.27. The Balaban J connectivity index is 2.96. The molecule has 1 amide bonds. The van der Waals surface area contributed by atoms with Crippen LogP contribution in [0, 0.1) is 0 Å². The van der Waals surface area contributed by atoms with Gasteiger partial charge in [-0.15, -0.1) is 0 Å². The quantitative estimate of drug-likeness (QED) is 0.836. The molecular weight excluding hydrogens is 274 g/mol. The maximum Gasteiger partial charge on any atom is 0.261 e. The van der Waals surface area contributed by atoms with Crippen LogP contribution in [0.3, 0.4) is 0 Å².